The van der Waals surface area contributed by atoms with Gasteiger partial charge in [0.15, 0.2) is 0 Å². The Balaban J connectivity index is 1.92. The molecule has 1 saturated heterocycles. The first kappa shape index (κ1) is 18.7. The molecule has 27 heavy (non-hydrogen) atoms. The van der Waals surface area contributed by atoms with Crippen LogP contribution in [0.3, 0.4) is 0 Å². The van der Waals surface area contributed by atoms with Crippen molar-refractivity contribution in [2.24, 2.45) is 0 Å². The van der Waals surface area contributed by atoms with Crippen LogP contribution in [0.25, 0.3) is 6.08 Å². The van der Waals surface area contributed by atoms with E-state index < -0.39 is 17.8 Å². The summed E-state index contributed by atoms with van der Waals surface area (Å²) >= 11 is 6.20. The Bertz CT molecular complexity index is 925. The minimum Gasteiger partial charge on any atom is -0.492 e. The van der Waals surface area contributed by atoms with Crippen LogP contribution in [0, 0.1) is 0 Å². The molecule has 138 valence electrons. The number of carbonyl (C=O) groups excluding carboxylic acids is 3. The van der Waals surface area contributed by atoms with Gasteiger partial charge in [-0.2, -0.15) is 0 Å². The van der Waals surface area contributed by atoms with E-state index in [1.807, 2.05) is 6.92 Å². The number of halogens is 1. The number of hydrogen-bond acceptors (Lipinski definition) is 4. The van der Waals surface area contributed by atoms with Gasteiger partial charge in [-0.05, 0) is 42.3 Å². The third kappa shape index (κ3) is 4.01. The molecule has 0 bridgehead atoms. The molecule has 1 aliphatic rings. The van der Waals surface area contributed by atoms with Gasteiger partial charge in [-0.15, -0.1) is 0 Å². The van der Waals surface area contributed by atoms with Gasteiger partial charge in [0, 0.05) is 0 Å². The number of ether oxygens (including phenoxy) is 1. The summed E-state index contributed by atoms with van der Waals surface area (Å²) in [6, 6.07) is 12.6. The fourth-order valence-corrected chi connectivity index (χ4v) is 2.82. The summed E-state index contributed by atoms with van der Waals surface area (Å²) < 4.78 is 5.51. The summed E-state index contributed by atoms with van der Waals surface area (Å²) in [7, 11) is 0. The average Bonchev–Trinajstić information content (AvgIpc) is 2.65. The number of amides is 4. The maximum absolute atomic E-state index is 12.8. The Morgan fingerprint density at radius 3 is 2.52 bits per heavy atom. The van der Waals surface area contributed by atoms with Crippen LogP contribution in [-0.4, -0.2) is 24.5 Å². The Kier molecular flexibility index (Phi) is 5.57. The maximum Gasteiger partial charge on any atom is 0.335 e. The number of nitrogens with zero attached hydrogens (tertiary/aromatic N) is 1. The quantitative estimate of drug-likeness (QED) is 0.628. The van der Waals surface area contributed by atoms with Crippen molar-refractivity contribution in [2.45, 2.75) is 13.3 Å². The lowest BCUT2D eigenvalue weighted by Gasteiger charge is -2.26. The van der Waals surface area contributed by atoms with Crippen LogP contribution >= 0.6 is 11.6 Å². The van der Waals surface area contributed by atoms with Crippen molar-refractivity contribution in [3.8, 4) is 5.75 Å². The predicted molar refractivity (Wildman–Crippen MR) is 103 cm³/mol. The minimum atomic E-state index is -0.783. The molecule has 1 heterocycles. The van der Waals surface area contributed by atoms with Crippen LogP contribution < -0.4 is 15.0 Å². The number of barbiturate groups is 1. The normalized spacial score (nSPS) is 15.9. The standard InChI is InChI=1S/C20H17ClN2O4/c1-2-10-27-17-9-8-13(12-16(17)21)11-15-18(24)22-20(26)23(19(15)25)14-6-4-3-5-7-14/h3-9,11-12H,2,10H2,1H3,(H,22,24,26)/b15-11+. The highest BCUT2D eigenvalue weighted by Crippen LogP contribution is 2.27. The third-order valence-electron chi connectivity index (χ3n) is 3.84. The number of urea groups is 1. The van der Waals surface area contributed by atoms with E-state index in [4.69, 9.17) is 16.3 Å². The molecule has 1 aliphatic heterocycles. The van der Waals surface area contributed by atoms with Gasteiger partial charge in [-0.25, -0.2) is 9.69 Å². The summed E-state index contributed by atoms with van der Waals surface area (Å²) in [5.41, 5.74) is 0.765. The van der Waals surface area contributed by atoms with Gasteiger partial charge in [-0.1, -0.05) is 42.8 Å². The lowest BCUT2D eigenvalue weighted by Crippen LogP contribution is -2.54. The van der Waals surface area contributed by atoms with Gasteiger partial charge in [0.2, 0.25) is 0 Å². The van der Waals surface area contributed by atoms with Crippen molar-refractivity contribution in [2.75, 3.05) is 11.5 Å². The SMILES string of the molecule is CCCOc1ccc(/C=C2\C(=O)NC(=O)N(c3ccccc3)C2=O)cc1Cl. The highest BCUT2D eigenvalue weighted by atomic mass is 35.5. The van der Waals surface area contributed by atoms with Gasteiger partial charge >= 0.3 is 6.03 Å². The second-order valence-corrected chi connectivity index (χ2v) is 6.24. The van der Waals surface area contributed by atoms with Crippen molar-refractivity contribution in [1.29, 1.82) is 0 Å². The van der Waals surface area contributed by atoms with Crippen LogP contribution in [0.2, 0.25) is 5.02 Å². The number of rotatable bonds is 5. The van der Waals surface area contributed by atoms with Gasteiger partial charge < -0.3 is 4.74 Å². The zero-order valence-corrected chi connectivity index (χ0v) is 15.3. The number of hydrogen-bond donors (Lipinski definition) is 1. The molecule has 1 fully saturated rings. The van der Waals surface area contributed by atoms with E-state index in [1.165, 1.54) is 6.08 Å². The van der Waals surface area contributed by atoms with Gasteiger partial charge in [0.05, 0.1) is 17.3 Å². The molecule has 0 radical (unpaired) electrons. The van der Waals surface area contributed by atoms with Gasteiger partial charge in [0.1, 0.15) is 11.3 Å². The summed E-state index contributed by atoms with van der Waals surface area (Å²) in [6.45, 7) is 2.52. The molecular formula is C20H17ClN2O4. The first-order valence-corrected chi connectivity index (χ1v) is 8.78. The first-order valence-electron chi connectivity index (χ1n) is 8.40. The smallest absolute Gasteiger partial charge is 0.335 e. The molecule has 6 nitrogen and oxygen atoms in total. The van der Waals surface area contributed by atoms with E-state index in [9.17, 15) is 14.4 Å². The molecule has 0 atom stereocenters. The Hall–Kier alpha value is -3.12. The van der Waals surface area contributed by atoms with Crippen LogP contribution in [-0.2, 0) is 9.59 Å². The molecule has 7 heteroatoms. The lowest BCUT2D eigenvalue weighted by molar-refractivity contribution is -0.122. The zero-order chi connectivity index (χ0) is 19.4. The molecule has 0 unspecified atom stereocenters. The largest absolute Gasteiger partial charge is 0.492 e. The highest BCUT2D eigenvalue weighted by molar-refractivity contribution is 6.39. The van der Waals surface area contributed by atoms with Crippen molar-refractivity contribution >= 4 is 41.2 Å². The van der Waals surface area contributed by atoms with Crippen LogP contribution in [0.1, 0.15) is 18.9 Å². The fraction of sp³-hybridized carbons (Fsp3) is 0.150. The van der Waals surface area contributed by atoms with E-state index in [0.29, 0.717) is 28.6 Å². The Labute approximate surface area is 161 Å². The Morgan fingerprint density at radius 1 is 1.11 bits per heavy atom. The number of anilines is 1. The molecule has 3 rings (SSSR count). The maximum atomic E-state index is 12.8. The first-order chi connectivity index (χ1) is 13.0. The molecule has 0 saturated carbocycles. The fourth-order valence-electron chi connectivity index (χ4n) is 2.57. The van der Waals surface area contributed by atoms with Crippen molar-refractivity contribution in [3.05, 3.63) is 64.7 Å². The van der Waals surface area contributed by atoms with E-state index >= 15 is 0 Å². The number of carbonyl (C=O) groups is 3. The topological polar surface area (TPSA) is 75.7 Å². The molecule has 0 aliphatic carbocycles. The number of nitrogens with one attached hydrogen (secondary N) is 1. The van der Waals surface area contributed by atoms with Crippen molar-refractivity contribution in [3.63, 3.8) is 0 Å². The average molecular weight is 385 g/mol. The Morgan fingerprint density at radius 2 is 1.85 bits per heavy atom. The van der Waals surface area contributed by atoms with Crippen molar-refractivity contribution < 1.29 is 19.1 Å². The molecule has 4 amide bonds. The molecule has 2 aromatic rings. The monoisotopic (exact) mass is 384 g/mol. The molecule has 1 N–H and O–H groups in total. The van der Waals surface area contributed by atoms with Crippen molar-refractivity contribution in [1.82, 2.24) is 5.32 Å². The van der Waals surface area contributed by atoms with Crippen LogP contribution in [0.4, 0.5) is 10.5 Å². The molecule has 0 aromatic heterocycles. The van der Waals surface area contributed by atoms with Gasteiger partial charge in [-0.3, -0.25) is 14.9 Å². The van der Waals surface area contributed by atoms with Crippen LogP contribution in [0.5, 0.6) is 5.75 Å². The van der Waals surface area contributed by atoms with Crippen LogP contribution in [0.15, 0.2) is 54.1 Å². The predicted octanol–water partition coefficient (Wildman–Crippen LogP) is 3.80. The minimum absolute atomic E-state index is 0.156. The van der Waals surface area contributed by atoms with E-state index in [-0.39, 0.29) is 5.57 Å². The summed E-state index contributed by atoms with van der Waals surface area (Å²) in [4.78, 5) is 38.0. The number of para-hydroxylation sites is 1. The lowest BCUT2D eigenvalue weighted by atomic mass is 10.1. The molecular weight excluding hydrogens is 368 g/mol. The zero-order valence-electron chi connectivity index (χ0n) is 14.6. The summed E-state index contributed by atoms with van der Waals surface area (Å²) in [5, 5.41) is 2.56. The molecule has 0 spiro atoms. The second-order valence-electron chi connectivity index (χ2n) is 5.83. The molecule has 2 aromatic carbocycles. The van der Waals surface area contributed by atoms with Gasteiger partial charge in [0.25, 0.3) is 11.8 Å². The highest BCUT2D eigenvalue weighted by Gasteiger charge is 2.36. The summed E-state index contributed by atoms with van der Waals surface area (Å²) in [6.07, 6.45) is 2.25. The van der Waals surface area contributed by atoms with E-state index in [0.717, 1.165) is 11.3 Å². The second kappa shape index (κ2) is 8.05. The third-order valence-corrected chi connectivity index (χ3v) is 4.14. The van der Waals surface area contributed by atoms with E-state index in [2.05, 4.69) is 5.32 Å². The number of benzene rings is 2. The number of imide groups is 2. The van der Waals surface area contributed by atoms with E-state index in [1.54, 1.807) is 48.5 Å². The summed E-state index contributed by atoms with van der Waals surface area (Å²) in [5.74, 6) is -0.918.